The van der Waals surface area contributed by atoms with E-state index in [-0.39, 0.29) is 11.7 Å². The summed E-state index contributed by atoms with van der Waals surface area (Å²) in [5, 5.41) is 3.09. The third kappa shape index (κ3) is 2.53. The van der Waals surface area contributed by atoms with E-state index in [9.17, 15) is 8.78 Å². The van der Waals surface area contributed by atoms with E-state index in [1.165, 1.54) is 17.2 Å². The van der Waals surface area contributed by atoms with Crippen molar-refractivity contribution in [3.63, 3.8) is 0 Å². The largest absolute Gasteiger partial charge is 0.380 e. The summed E-state index contributed by atoms with van der Waals surface area (Å²) in [4.78, 5) is 0. The van der Waals surface area contributed by atoms with Gasteiger partial charge in [-0.05, 0) is 43.4 Å². The molecule has 0 saturated heterocycles. The van der Waals surface area contributed by atoms with Crippen molar-refractivity contribution in [2.75, 3.05) is 5.32 Å². The molecule has 20 heavy (non-hydrogen) atoms. The first kappa shape index (κ1) is 13.1. The molecule has 1 aliphatic rings. The van der Waals surface area contributed by atoms with Crippen LogP contribution < -0.4 is 5.32 Å². The number of hydrogen-bond donors (Lipinski definition) is 1. The summed E-state index contributed by atoms with van der Waals surface area (Å²) in [7, 11) is 0. The van der Waals surface area contributed by atoms with Gasteiger partial charge in [0.2, 0.25) is 0 Å². The Kier molecular flexibility index (Phi) is 3.43. The maximum Gasteiger partial charge on any atom is 0.181 e. The van der Waals surface area contributed by atoms with Gasteiger partial charge in [-0.1, -0.05) is 35.9 Å². The zero-order valence-electron chi connectivity index (χ0n) is 11.4. The molecule has 1 N–H and O–H groups in total. The van der Waals surface area contributed by atoms with E-state index in [1.807, 2.05) is 0 Å². The molecule has 0 unspecified atom stereocenters. The summed E-state index contributed by atoms with van der Waals surface area (Å²) >= 11 is 0. The Morgan fingerprint density at radius 1 is 1.05 bits per heavy atom. The second-order valence-corrected chi connectivity index (χ2v) is 5.53. The van der Waals surface area contributed by atoms with Crippen LogP contribution in [0.3, 0.4) is 0 Å². The van der Waals surface area contributed by atoms with E-state index < -0.39 is 11.6 Å². The summed E-state index contributed by atoms with van der Waals surface area (Å²) in [5.41, 5.74) is 2.86. The molecular formula is C17H17F2N. The maximum absolute atomic E-state index is 13.6. The third-order valence-corrected chi connectivity index (χ3v) is 3.96. The van der Waals surface area contributed by atoms with Crippen molar-refractivity contribution < 1.29 is 8.78 Å². The predicted molar refractivity (Wildman–Crippen MR) is 76.9 cm³/mol. The summed E-state index contributed by atoms with van der Waals surface area (Å²) in [6.07, 6.45) is 1.92. The molecule has 1 fully saturated rings. The summed E-state index contributed by atoms with van der Waals surface area (Å²) in [5.74, 6) is -1.07. The van der Waals surface area contributed by atoms with Crippen LogP contribution in [0.2, 0.25) is 0 Å². The van der Waals surface area contributed by atoms with Gasteiger partial charge in [-0.15, -0.1) is 0 Å². The second-order valence-electron chi connectivity index (χ2n) is 5.53. The van der Waals surface area contributed by atoms with Crippen molar-refractivity contribution in [3.05, 3.63) is 65.2 Å². The lowest BCUT2D eigenvalue weighted by Gasteiger charge is -2.37. The number of nitrogens with one attached hydrogen (secondary N) is 1. The Bertz CT molecular complexity index is 618. The van der Waals surface area contributed by atoms with Crippen molar-refractivity contribution in [2.24, 2.45) is 0 Å². The van der Waals surface area contributed by atoms with Crippen LogP contribution in [0.15, 0.2) is 42.5 Å². The van der Waals surface area contributed by atoms with Crippen LogP contribution in [0, 0.1) is 18.6 Å². The molecule has 0 amide bonds. The van der Waals surface area contributed by atoms with Crippen LogP contribution in [0.5, 0.6) is 0 Å². The van der Waals surface area contributed by atoms with Crippen LogP contribution >= 0.6 is 0 Å². The molecule has 1 aliphatic carbocycles. The molecular weight excluding hydrogens is 256 g/mol. The van der Waals surface area contributed by atoms with Crippen LogP contribution in [0.4, 0.5) is 14.5 Å². The van der Waals surface area contributed by atoms with E-state index in [0.717, 1.165) is 18.9 Å². The Morgan fingerprint density at radius 2 is 1.80 bits per heavy atom. The lowest BCUT2D eigenvalue weighted by Crippen LogP contribution is -2.34. The van der Waals surface area contributed by atoms with E-state index in [0.29, 0.717) is 5.92 Å². The van der Waals surface area contributed by atoms with Gasteiger partial charge in [0.1, 0.15) is 0 Å². The molecule has 3 rings (SSSR count). The van der Waals surface area contributed by atoms with Gasteiger partial charge in [0.25, 0.3) is 0 Å². The van der Waals surface area contributed by atoms with Crippen LogP contribution in [-0.4, -0.2) is 6.04 Å². The zero-order chi connectivity index (χ0) is 14.1. The minimum Gasteiger partial charge on any atom is -0.380 e. The van der Waals surface area contributed by atoms with Crippen LogP contribution in [-0.2, 0) is 0 Å². The Labute approximate surface area is 117 Å². The average molecular weight is 273 g/mol. The number of anilines is 1. The SMILES string of the molecule is Cc1cccc(C2CC(Nc3cccc(F)c3F)C2)c1. The number of halogens is 2. The zero-order valence-corrected chi connectivity index (χ0v) is 11.4. The van der Waals surface area contributed by atoms with Gasteiger partial charge < -0.3 is 5.32 Å². The van der Waals surface area contributed by atoms with Gasteiger partial charge in [0.15, 0.2) is 11.6 Å². The molecule has 3 heteroatoms. The fraction of sp³-hybridized carbons (Fsp3) is 0.294. The van der Waals surface area contributed by atoms with Gasteiger partial charge in [-0.3, -0.25) is 0 Å². The molecule has 0 aliphatic heterocycles. The highest BCUT2D eigenvalue weighted by molar-refractivity contribution is 5.47. The minimum absolute atomic E-state index is 0.219. The summed E-state index contributed by atoms with van der Waals surface area (Å²) < 4.78 is 26.7. The fourth-order valence-corrected chi connectivity index (χ4v) is 2.77. The normalized spacial score (nSPS) is 21.4. The Morgan fingerprint density at radius 3 is 2.55 bits per heavy atom. The first-order chi connectivity index (χ1) is 9.63. The average Bonchev–Trinajstić information content (AvgIpc) is 2.38. The van der Waals surface area contributed by atoms with Crippen molar-refractivity contribution in [1.29, 1.82) is 0 Å². The highest BCUT2D eigenvalue weighted by Gasteiger charge is 2.30. The van der Waals surface area contributed by atoms with E-state index in [4.69, 9.17) is 0 Å². The highest BCUT2D eigenvalue weighted by Crippen LogP contribution is 2.39. The van der Waals surface area contributed by atoms with Crippen molar-refractivity contribution in [2.45, 2.75) is 31.7 Å². The standard InChI is InChI=1S/C17H17F2N/c1-11-4-2-5-12(8-11)13-9-14(10-13)20-16-7-3-6-15(18)17(16)19/h2-8,13-14,20H,9-10H2,1H3. The van der Waals surface area contributed by atoms with E-state index in [1.54, 1.807) is 6.07 Å². The van der Waals surface area contributed by atoms with E-state index in [2.05, 4.69) is 36.5 Å². The van der Waals surface area contributed by atoms with Crippen LogP contribution in [0.25, 0.3) is 0 Å². The number of rotatable bonds is 3. The molecule has 2 aromatic rings. The van der Waals surface area contributed by atoms with E-state index >= 15 is 0 Å². The summed E-state index contributed by atoms with van der Waals surface area (Å²) in [6.45, 7) is 2.08. The molecule has 1 saturated carbocycles. The number of aryl methyl sites for hydroxylation is 1. The van der Waals surface area contributed by atoms with Gasteiger partial charge in [0.05, 0.1) is 5.69 Å². The fourth-order valence-electron chi connectivity index (χ4n) is 2.77. The smallest absolute Gasteiger partial charge is 0.181 e. The molecule has 0 atom stereocenters. The van der Waals surface area contributed by atoms with Gasteiger partial charge in [0, 0.05) is 6.04 Å². The minimum atomic E-state index is -0.801. The molecule has 0 aromatic heterocycles. The van der Waals surface area contributed by atoms with Crippen molar-refractivity contribution >= 4 is 5.69 Å². The number of hydrogen-bond acceptors (Lipinski definition) is 1. The van der Waals surface area contributed by atoms with Crippen molar-refractivity contribution in [1.82, 2.24) is 0 Å². The molecule has 104 valence electrons. The van der Waals surface area contributed by atoms with Gasteiger partial charge in [-0.2, -0.15) is 0 Å². The molecule has 0 radical (unpaired) electrons. The number of benzene rings is 2. The third-order valence-electron chi connectivity index (χ3n) is 3.96. The van der Waals surface area contributed by atoms with Crippen molar-refractivity contribution in [3.8, 4) is 0 Å². The first-order valence-electron chi connectivity index (χ1n) is 6.90. The lowest BCUT2D eigenvalue weighted by molar-refractivity contribution is 0.372. The molecule has 0 bridgehead atoms. The Hall–Kier alpha value is -1.90. The Balaban J connectivity index is 1.62. The van der Waals surface area contributed by atoms with Crippen LogP contribution in [0.1, 0.15) is 29.9 Å². The molecule has 0 spiro atoms. The predicted octanol–water partition coefficient (Wildman–Crippen LogP) is 4.63. The van der Waals surface area contributed by atoms with Gasteiger partial charge >= 0.3 is 0 Å². The first-order valence-corrected chi connectivity index (χ1v) is 6.90. The molecule has 0 heterocycles. The molecule has 2 aromatic carbocycles. The second kappa shape index (κ2) is 5.23. The lowest BCUT2D eigenvalue weighted by atomic mass is 9.75. The quantitative estimate of drug-likeness (QED) is 0.859. The monoisotopic (exact) mass is 273 g/mol. The highest BCUT2D eigenvalue weighted by atomic mass is 19.2. The topological polar surface area (TPSA) is 12.0 Å². The maximum atomic E-state index is 13.6. The summed E-state index contributed by atoms with van der Waals surface area (Å²) in [6, 6.07) is 12.9. The van der Waals surface area contributed by atoms with Gasteiger partial charge in [-0.25, -0.2) is 8.78 Å². The molecule has 1 nitrogen and oxygen atoms in total.